The molecule has 0 spiro atoms. The van der Waals surface area contributed by atoms with Crippen molar-refractivity contribution in [2.24, 2.45) is 0 Å². The zero-order chi connectivity index (χ0) is 15.1. The van der Waals surface area contributed by atoms with Crippen molar-refractivity contribution in [3.8, 4) is 0 Å². The van der Waals surface area contributed by atoms with Crippen LogP contribution in [-0.2, 0) is 9.53 Å². The molecule has 0 aliphatic carbocycles. The van der Waals surface area contributed by atoms with Crippen molar-refractivity contribution in [3.05, 3.63) is 33.8 Å². The van der Waals surface area contributed by atoms with Crippen LogP contribution in [0.15, 0.2) is 18.2 Å². The Morgan fingerprint density at radius 3 is 2.45 bits per heavy atom. The minimum absolute atomic E-state index is 0.0776. The molecule has 0 aliphatic rings. The first-order chi connectivity index (χ1) is 9.47. The third-order valence-electron chi connectivity index (χ3n) is 2.63. The molecule has 7 heteroatoms. The second-order valence-electron chi connectivity index (χ2n) is 4.10. The van der Waals surface area contributed by atoms with Crippen LogP contribution in [-0.4, -0.2) is 36.7 Å². The third kappa shape index (κ3) is 4.67. The minimum Gasteiger partial charge on any atom is -0.480 e. The molecule has 20 heavy (non-hydrogen) atoms. The normalized spacial score (nSPS) is 11.9. The fourth-order valence-corrected chi connectivity index (χ4v) is 2.20. The number of ether oxygens (including phenoxy) is 1. The van der Waals surface area contributed by atoms with E-state index >= 15 is 0 Å². The predicted octanol–water partition coefficient (Wildman–Crippen LogP) is 2.60. The molecule has 0 bridgehead atoms. The van der Waals surface area contributed by atoms with Crippen LogP contribution in [0, 0.1) is 0 Å². The molecule has 0 fully saturated rings. The lowest BCUT2D eigenvalue weighted by molar-refractivity contribution is -0.139. The van der Waals surface area contributed by atoms with Crippen LogP contribution in [0.1, 0.15) is 23.2 Å². The maximum absolute atomic E-state index is 12.1. The van der Waals surface area contributed by atoms with Crippen LogP contribution in [0.25, 0.3) is 0 Å². The van der Waals surface area contributed by atoms with Gasteiger partial charge in [-0.3, -0.25) is 4.79 Å². The van der Waals surface area contributed by atoms with E-state index in [4.69, 9.17) is 33.0 Å². The molecule has 5 nitrogen and oxygen atoms in total. The van der Waals surface area contributed by atoms with Gasteiger partial charge in [0, 0.05) is 13.7 Å². The number of rotatable bonds is 7. The van der Waals surface area contributed by atoms with E-state index in [9.17, 15) is 9.59 Å². The fraction of sp³-hybridized carbons (Fsp3) is 0.385. The molecule has 0 aromatic heterocycles. The highest BCUT2D eigenvalue weighted by Crippen LogP contribution is 2.24. The summed E-state index contributed by atoms with van der Waals surface area (Å²) in [6, 6.07) is 3.63. The van der Waals surface area contributed by atoms with Crippen LogP contribution in [0.5, 0.6) is 0 Å². The van der Waals surface area contributed by atoms with E-state index in [1.54, 1.807) is 6.07 Å². The van der Waals surface area contributed by atoms with Gasteiger partial charge in [-0.15, -0.1) is 0 Å². The van der Waals surface area contributed by atoms with Gasteiger partial charge < -0.3 is 15.2 Å². The Bertz CT molecular complexity index is 473. The second-order valence-corrected chi connectivity index (χ2v) is 4.91. The molecule has 1 atom stereocenters. The number of nitrogens with one attached hydrogen (secondary N) is 1. The number of halogens is 2. The Morgan fingerprint density at radius 2 is 1.95 bits per heavy atom. The molecule has 0 saturated heterocycles. The quantitative estimate of drug-likeness (QED) is 0.757. The highest BCUT2D eigenvalue weighted by Gasteiger charge is 2.22. The van der Waals surface area contributed by atoms with E-state index in [1.807, 2.05) is 0 Å². The zero-order valence-corrected chi connectivity index (χ0v) is 12.4. The van der Waals surface area contributed by atoms with E-state index in [2.05, 4.69) is 5.32 Å². The van der Waals surface area contributed by atoms with Crippen LogP contribution < -0.4 is 5.32 Å². The van der Waals surface area contributed by atoms with Gasteiger partial charge in [0.1, 0.15) is 6.04 Å². The molecule has 0 radical (unpaired) electrons. The van der Waals surface area contributed by atoms with Gasteiger partial charge in [0.2, 0.25) is 0 Å². The van der Waals surface area contributed by atoms with Crippen molar-refractivity contribution in [2.45, 2.75) is 18.9 Å². The van der Waals surface area contributed by atoms with Crippen molar-refractivity contribution in [1.82, 2.24) is 5.32 Å². The Labute approximate surface area is 126 Å². The average Bonchev–Trinajstić information content (AvgIpc) is 2.37. The predicted molar refractivity (Wildman–Crippen MR) is 76.5 cm³/mol. The number of carbonyl (C=O) groups is 2. The molecule has 0 heterocycles. The van der Waals surface area contributed by atoms with Gasteiger partial charge in [0.25, 0.3) is 5.91 Å². The first kappa shape index (κ1) is 16.8. The van der Waals surface area contributed by atoms with E-state index in [-0.39, 0.29) is 22.0 Å². The summed E-state index contributed by atoms with van der Waals surface area (Å²) in [4.78, 5) is 23.2. The number of hydrogen-bond acceptors (Lipinski definition) is 3. The molecule has 1 rings (SSSR count). The van der Waals surface area contributed by atoms with Gasteiger partial charge in [-0.05, 0) is 25.0 Å². The van der Waals surface area contributed by atoms with Crippen molar-refractivity contribution >= 4 is 35.1 Å². The molecule has 0 aliphatic heterocycles. The van der Waals surface area contributed by atoms with Gasteiger partial charge in [0.05, 0.1) is 15.6 Å². The summed E-state index contributed by atoms with van der Waals surface area (Å²) in [7, 11) is 1.53. The average molecular weight is 320 g/mol. The van der Waals surface area contributed by atoms with Crippen LogP contribution in [0.3, 0.4) is 0 Å². The van der Waals surface area contributed by atoms with Crippen molar-refractivity contribution in [2.75, 3.05) is 13.7 Å². The molecular formula is C13H15Cl2NO4. The molecule has 1 amide bonds. The Morgan fingerprint density at radius 1 is 1.35 bits per heavy atom. The van der Waals surface area contributed by atoms with Gasteiger partial charge in [-0.2, -0.15) is 0 Å². The smallest absolute Gasteiger partial charge is 0.326 e. The van der Waals surface area contributed by atoms with E-state index in [0.29, 0.717) is 13.0 Å². The van der Waals surface area contributed by atoms with E-state index in [0.717, 1.165) is 0 Å². The molecule has 1 aromatic carbocycles. The number of methoxy groups -OCH3 is 1. The minimum atomic E-state index is -1.11. The lowest BCUT2D eigenvalue weighted by Gasteiger charge is -2.15. The molecule has 1 unspecified atom stereocenters. The Balaban J connectivity index is 2.78. The summed E-state index contributed by atoms with van der Waals surface area (Å²) < 4.78 is 4.85. The summed E-state index contributed by atoms with van der Waals surface area (Å²) in [6.45, 7) is 0.423. The highest BCUT2D eigenvalue weighted by molar-refractivity contribution is 6.39. The van der Waals surface area contributed by atoms with Crippen molar-refractivity contribution in [1.29, 1.82) is 0 Å². The number of benzene rings is 1. The SMILES string of the molecule is COCCCC(NC(=O)c1c(Cl)cccc1Cl)C(=O)O. The monoisotopic (exact) mass is 319 g/mol. The molecule has 1 aromatic rings. The molecule has 2 N–H and O–H groups in total. The van der Waals surface area contributed by atoms with Gasteiger partial charge in [0.15, 0.2) is 0 Å². The van der Waals surface area contributed by atoms with Gasteiger partial charge in [-0.1, -0.05) is 29.3 Å². The van der Waals surface area contributed by atoms with E-state index < -0.39 is 17.9 Å². The second kappa shape index (κ2) is 8.09. The first-order valence-corrected chi connectivity index (χ1v) is 6.69. The molecular weight excluding hydrogens is 305 g/mol. The lowest BCUT2D eigenvalue weighted by atomic mass is 10.1. The summed E-state index contributed by atoms with van der Waals surface area (Å²) in [5.41, 5.74) is 0.0776. The van der Waals surface area contributed by atoms with Gasteiger partial charge in [-0.25, -0.2) is 4.79 Å². The maximum atomic E-state index is 12.1. The lowest BCUT2D eigenvalue weighted by Crippen LogP contribution is -2.41. The number of hydrogen-bond donors (Lipinski definition) is 2. The fourth-order valence-electron chi connectivity index (χ4n) is 1.63. The third-order valence-corrected chi connectivity index (χ3v) is 3.26. The number of amides is 1. The van der Waals surface area contributed by atoms with Crippen LogP contribution >= 0.6 is 23.2 Å². The standard InChI is InChI=1S/C13H15Cl2NO4/c1-20-7-3-6-10(13(18)19)16-12(17)11-8(14)4-2-5-9(11)15/h2,4-5,10H,3,6-7H2,1H3,(H,16,17)(H,18,19). The molecule has 110 valence electrons. The number of carbonyl (C=O) groups excluding carboxylic acids is 1. The van der Waals surface area contributed by atoms with E-state index in [1.165, 1.54) is 19.2 Å². The zero-order valence-electron chi connectivity index (χ0n) is 10.9. The summed E-state index contributed by atoms with van der Waals surface area (Å²) in [5.74, 6) is -1.72. The summed E-state index contributed by atoms with van der Waals surface area (Å²) in [5, 5.41) is 11.8. The Kier molecular flexibility index (Phi) is 6.78. The topological polar surface area (TPSA) is 75.6 Å². The van der Waals surface area contributed by atoms with Crippen LogP contribution in [0.2, 0.25) is 10.0 Å². The number of carboxylic acids is 1. The number of carboxylic acid groups (broad SMARTS) is 1. The summed E-state index contributed by atoms with van der Waals surface area (Å²) in [6.07, 6.45) is 0.779. The molecule has 0 saturated carbocycles. The van der Waals surface area contributed by atoms with Gasteiger partial charge >= 0.3 is 5.97 Å². The summed E-state index contributed by atoms with van der Waals surface area (Å²) >= 11 is 11.8. The van der Waals surface area contributed by atoms with Crippen molar-refractivity contribution < 1.29 is 19.4 Å². The van der Waals surface area contributed by atoms with Crippen molar-refractivity contribution in [3.63, 3.8) is 0 Å². The Hall–Kier alpha value is -1.30. The van der Waals surface area contributed by atoms with Crippen LogP contribution in [0.4, 0.5) is 0 Å². The highest BCUT2D eigenvalue weighted by atomic mass is 35.5. The largest absolute Gasteiger partial charge is 0.480 e. The first-order valence-electron chi connectivity index (χ1n) is 5.94. The maximum Gasteiger partial charge on any atom is 0.326 e. The number of aliphatic carboxylic acids is 1.